The van der Waals surface area contributed by atoms with Crippen LogP contribution < -0.4 is 0 Å². The molecule has 0 fully saturated rings. The van der Waals surface area contributed by atoms with Crippen LogP contribution in [0.15, 0.2) is 59.4 Å². The van der Waals surface area contributed by atoms with Gasteiger partial charge in [0.05, 0.1) is 30.7 Å². The van der Waals surface area contributed by atoms with Crippen LogP contribution in [0.25, 0.3) is 23.0 Å². The molecule has 1 atom stereocenters. The number of halogens is 4. The summed E-state index contributed by atoms with van der Waals surface area (Å²) in [4.78, 5) is 8.60. The average Bonchev–Trinajstić information content (AvgIpc) is 3.40. The summed E-state index contributed by atoms with van der Waals surface area (Å²) in [5.41, 5.74) is 1.51. The maximum Gasteiger partial charge on any atom is 0.416 e. The summed E-state index contributed by atoms with van der Waals surface area (Å²) in [5.74, 6) is -0.0452. The first kappa shape index (κ1) is 19.4. The molecule has 2 aromatic carbocycles. The predicted octanol–water partition coefficient (Wildman–Crippen LogP) is 5.03. The number of hydrogen-bond donors (Lipinski definition) is 0. The standard InChI is InChI=1S/C21H14F4N4O2/c22-15-3-1-2-13(8-15)17-9-29-11-26-18(16(29)10-30-17)20-27-19(28-31-20)12-4-6-14(7-5-12)21(23,24)25/h1-8,11,17H,9-10H2. The Kier molecular flexibility index (Phi) is 4.58. The number of ether oxygens (including phenoxy) is 1. The van der Waals surface area contributed by atoms with E-state index in [2.05, 4.69) is 15.1 Å². The van der Waals surface area contributed by atoms with Gasteiger partial charge >= 0.3 is 6.18 Å². The third kappa shape index (κ3) is 3.70. The minimum atomic E-state index is -4.42. The van der Waals surface area contributed by atoms with Crippen molar-refractivity contribution in [2.24, 2.45) is 0 Å². The van der Waals surface area contributed by atoms with E-state index in [4.69, 9.17) is 9.26 Å². The lowest BCUT2D eigenvalue weighted by Gasteiger charge is -2.25. The molecule has 6 nitrogen and oxygen atoms in total. The van der Waals surface area contributed by atoms with Gasteiger partial charge in [-0.05, 0) is 29.8 Å². The largest absolute Gasteiger partial charge is 0.416 e. The van der Waals surface area contributed by atoms with E-state index in [1.54, 1.807) is 18.5 Å². The van der Waals surface area contributed by atoms with Gasteiger partial charge in [-0.3, -0.25) is 0 Å². The predicted molar refractivity (Wildman–Crippen MR) is 99.9 cm³/mol. The molecule has 0 spiro atoms. The topological polar surface area (TPSA) is 66.0 Å². The Hall–Kier alpha value is -3.53. The van der Waals surface area contributed by atoms with Gasteiger partial charge in [-0.1, -0.05) is 29.4 Å². The number of benzene rings is 2. The number of imidazole rings is 1. The summed E-state index contributed by atoms with van der Waals surface area (Å²) in [6.07, 6.45) is -3.13. The van der Waals surface area contributed by atoms with Crippen molar-refractivity contribution in [2.45, 2.75) is 25.4 Å². The minimum Gasteiger partial charge on any atom is -0.365 e. The van der Waals surface area contributed by atoms with E-state index in [0.717, 1.165) is 23.4 Å². The van der Waals surface area contributed by atoms with Crippen molar-refractivity contribution in [3.05, 3.63) is 77.5 Å². The molecule has 1 unspecified atom stereocenters. The van der Waals surface area contributed by atoms with Crippen molar-refractivity contribution in [3.63, 3.8) is 0 Å². The van der Waals surface area contributed by atoms with Gasteiger partial charge in [-0.25, -0.2) is 9.37 Å². The second kappa shape index (κ2) is 7.31. The fourth-order valence-corrected chi connectivity index (χ4v) is 3.46. The van der Waals surface area contributed by atoms with E-state index >= 15 is 0 Å². The molecule has 0 aliphatic carbocycles. The van der Waals surface area contributed by atoms with Gasteiger partial charge in [0.2, 0.25) is 5.82 Å². The van der Waals surface area contributed by atoms with Gasteiger partial charge in [0.25, 0.3) is 5.89 Å². The summed E-state index contributed by atoms with van der Waals surface area (Å²) in [7, 11) is 0. The van der Waals surface area contributed by atoms with Crippen LogP contribution in [0.4, 0.5) is 17.6 Å². The van der Waals surface area contributed by atoms with Crippen LogP contribution in [0.1, 0.15) is 22.9 Å². The smallest absolute Gasteiger partial charge is 0.365 e. The molecule has 0 bridgehead atoms. The second-order valence-electron chi connectivity index (χ2n) is 7.05. The summed E-state index contributed by atoms with van der Waals surface area (Å²) in [6.45, 7) is 0.639. The van der Waals surface area contributed by atoms with Crippen molar-refractivity contribution in [3.8, 4) is 23.0 Å². The Morgan fingerprint density at radius 1 is 1.06 bits per heavy atom. The molecule has 0 N–H and O–H groups in total. The first-order valence-corrected chi connectivity index (χ1v) is 9.31. The summed E-state index contributed by atoms with van der Waals surface area (Å²) < 4.78 is 64.8. The summed E-state index contributed by atoms with van der Waals surface area (Å²) in [6, 6.07) is 10.7. The van der Waals surface area contributed by atoms with Crippen LogP contribution in [0, 0.1) is 5.82 Å². The first-order chi connectivity index (χ1) is 14.9. The van der Waals surface area contributed by atoms with Crippen LogP contribution in [-0.2, 0) is 24.1 Å². The number of rotatable bonds is 3. The van der Waals surface area contributed by atoms with Crippen LogP contribution in [-0.4, -0.2) is 19.7 Å². The van der Waals surface area contributed by atoms with Gasteiger partial charge in [0, 0.05) is 5.56 Å². The fraction of sp³-hybridized carbons (Fsp3) is 0.190. The molecular weight excluding hydrogens is 416 g/mol. The molecule has 2 aromatic heterocycles. The molecule has 5 rings (SSSR count). The van der Waals surface area contributed by atoms with Gasteiger partial charge in [0.1, 0.15) is 11.9 Å². The number of nitrogens with zero attached hydrogens (tertiary/aromatic N) is 4. The highest BCUT2D eigenvalue weighted by molar-refractivity contribution is 5.59. The Bertz CT molecular complexity index is 1230. The Morgan fingerprint density at radius 3 is 2.61 bits per heavy atom. The molecule has 0 saturated carbocycles. The van der Waals surface area contributed by atoms with Crippen LogP contribution in [0.3, 0.4) is 0 Å². The van der Waals surface area contributed by atoms with Crippen molar-refractivity contribution in [1.82, 2.24) is 19.7 Å². The molecule has 31 heavy (non-hydrogen) atoms. The van der Waals surface area contributed by atoms with Gasteiger partial charge < -0.3 is 13.8 Å². The SMILES string of the molecule is Fc1cccc(C2Cn3cnc(-c4nc(-c5ccc(C(F)(F)F)cc5)no4)c3CO2)c1. The summed E-state index contributed by atoms with van der Waals surface area (Å²) >= 11 is 0. The molecule has 0 saturated heterocycles. The zero-order valence-electron chi connectivity index (χ0n) is 15.8. The quantitative estimate of drug-likeness (QED) is 0.427. The number of hydrogen-bond acceptors (Lipinski definition) is 5. The molecule has 10 heteroatoms. The second-order valence-corrected chi connectivity index (χ2v) is 7.05. The fourth-order valence-electron chi connectivity index (χ4n) is 3.46. The van der Waals surface area contributed by atoms with E-state index in [9.17, 15) is 17.6 Å². The van der Waals surface area contributed by atoms with Crippen LogP contribution in [0.2, 0.25) is 0 Å². The van der Waals surface area contributed by atoms with Crippen LogP contribution in [0.5, 0.6) is 0 Å². The van der Waals surface area contributed by atoms with E-state index in [0.29, 0.717) is 17.8 Å². The average molecular weight is 430 g/mol. The van der Waals surface area contributed by atoms with E-state index in [1.807, 2.05) is 4.57 Å². The monoisotopic (exact) mass is 430 g/mol. The summed E-state index contributed by atoms with van der Waals surface area (Å²) in [5, 5.41) is 3.86. The highest BCUT2D eigenvalue weighted by Gasteiger charge is 2.30. The molecular formula is C21H14F4N4O2. The molecule has 0 radical (unpaired) electrons. The minimum absolute atomic E-state index is 0.136. The molecule has 158 valence electrons. The number of alkyl halides is 3. The van der Waals surface area contributed by atoms with Crippen molar-refractivity contribution in [2.75, 3.05) is 0 Å². The third-order valence-electron chi connectivity index (χ3n) is 5.05. The lowest BCUT2D eigenvalue weighted by atomic mass is 10.1. The molecule has 1 aliphatic heterocycles. The molecule has 0 amide bonds. The normalized spacial score (nSPS) is 16.3. The van der Waals surface area contributed by atoms with Crippen LogP contribution >= 0.6 is 0 Å². The van der Waals surface area contributed by atoms with Crippen molar-refractivity contribution >= 4 is 0 Å². The first-order valence-electron chi connectivity index (χ1n) is 9.31. The maximum absolute atomic E-state index is 13.5. The highest BCUT2D eigenvalue weighted by Crippen LogP contribution is 2.33. The van der Waals surface area contributed by atoms with Crippen molar-refractivity contribution in [1.29, 1.82) is 0 Å². The molecule has 1 aliphatic rings. The molecule has 3 heterocycles. The third-order valence-corrected chi connectivity index (χ3v) is 5.05. The van der Waals surface area contributed by atoms with Gasteiger partial charge in [-0.15, -0.1) is 0 Å². The highest BCUT2D eigenvalue weighted by atomic mass is 19.4. The number of aromatic nitrogens is 4. The van der Waals surface area contributed by atoms with Gasteiger partial charge in [0.15, 0.2) is 5.69 Å². The lowest BCUT2D eigenvalue weighted by Crippen LogP contribution is -2.20. The lowest BCUT2D eigenvalue weighted by molar-refractivity contribution is -0.137. The maximum atomic E-state index is 13.5. The molecule has 4 aromatic rings. The van der Waals surface area contributed by atoms with E-state index in [-0.39, 0.29) is 30.2 Å². The van der Waals surface area contributed by atoms with Crippen molar-refractivity contribution < 1.29 is 26.8 Å². The number of fused-ring (bicyclic) bond motifs is 1. The van der Waals surface area contributed by atoms with E-state index < -0.39 is 11.7 Å². The van der Waals surface area contributed by atoms with Gasteiger partial charge in [-0.2, -0.15) is 18.2 Å². The Balaban J connectivity index is 1.38. The Labute approximate surface area is 173 Å². The zero-order chi connectivity index (χ0) is 21.6. The van der Waals surface area contributed by atoms with E-state index in [1.165, 1.54) is 24.3 Å². The Morgan fingerprint density at radius 2 is 1.87 bits per heavy atom. The zero-order valence-corrected chi connectivity index (χ0v) is 15.8.